The fraction of sp³-hybridized carbons (Fsp3) is 0.278. The highest BCUT2D eigenvalue weighted by Gasteiger charge is 2.29. The van der Waals surface area contributed by atoms with Crippen LogP contribution in [0.2, 0.25) is 5.02 Å². The highest BCUT2D eigenvalue weighted by molar-refractivity contribution is 7.89. The summed E-state index contributed by atoms with van der Waals surface area (Å²) in [5, 5.41) is 0.386. The van der Waals surface area contributed by atoms with Gasteiger partial charge in [-0.3, -0.25) is 0 Å². The van der Waals surface area contributed by atoms with Crippen LogP contribution in [0.5, 0.6) is 0 Å². The first kappa shape index (κ1) is 18.7. The van der Waals surface area contributed by atoms with E-state index in [-0.39, 0.29) is 4.90 Å². The Labute approximate surface area is 158 Å². The molecule has 0 saturated carbocycles. The second-order valence-corrected chi connectivity index (χ2v) is 8.23. The molecule has 0 radical (unpaired) electrons. The van der Waals surface area contributed by atoms with Gasteiger partial charge in [-0.15, -0.1) is 0 Å². The average molecular weight is 395 g/mol. The molecule has 26 heavy (non-hydrogen) atoms. The van der Waals surface area contributed by atoms with Gasteiger partial charge in [-0.1, -0.05) is 29.8 Å². The number of sulfonamides is 1. The third-order valence-corrected chi connectivity index (χ3v) is 6.45. The zero-order valence-corrected chi connectivity index (χ0v) is 15.8. The summed E-state index contributed by atoms with van der Waals surface area (Å²) in [6.45, 7) is 1.61. The molecule has 0 aromatic heterocycles. The molecule has 2 aromatic carbocycles. The molecule has 0 amide bonds. The van der Waals surface area contributed by atoms with E-state index >= 15 is 0 Å². The minimum Gasteiger partial charge on any atom is -0.465 e. The first-order chi connectivity index (χ1) is 12.4. The number of benzene rings is 2. The zero-order valence-electron chi connectivity index (χ0n) is 14.3. The quantitative estimate of drug-likeness (QED) is 0.746. The monoisotopic (exact) mass is 394 g/mol. The number of nitrogens with zero attached hydrogens (tertiary/aromatic N) is 2. The fourth-order valence-corrected chi connectivity index (χ4v) is 4.70. The maximum absolute atomic E-state index is 12.8. The van der Waals surface area contributed by atoms with Gasteiger partial charge in [0.25, 0.3) is 0 Å². The number of carbonyl (C=O) groups is 1. The Hall–Kier alpha value is -2.09. The smallest absolute Gasteiger partial charge is 0.339 e. The van der Waals surface area contributed by atoms with E-state index < -0.39 is 16.0 Å². The molecule has 6 nitrogen and oxygen atoms in total. The fourth-order valence-electron chi connectivity index (χ4n) is 2.98. The Kier molecular flexibility index (Phi) is 5.50. The van der Waals surface area contributed by atoms with E-state index in [1.54, 1.807) is 30.3 Å². The van der Waals surface area contributed by atoms with Gasteiger partial charge in [0.2, 0.25) is 10.0 Å². The van der Waals surface area contributed by atoms with Gasteiger partial charge in [-0.2, -0.15) is 4.31 Å². The van der Waals surface area contributed by atoms with Crippen molar-refractivity contribution in [3.05, 3.63) is 59.1 Å². The molecule has 0 spiro atoms. The maximum atomic E-state index is 12.8. The molecule has 1 fully saturated rings. The van der Waals surface area contributed by atoms with E-state index in [1.807, 2.05) is 17.0 Å². The maximum Gasteiger partial charge on any atom is 0.339 e. The molecule has 2 aromatic rings. The van der Waals surface area contributed by atoms with Crippen LogP contribution in [0.25, 0.3) is 0 Å². The van der Waals surface area contributed by atoms with Crippen LogP contribution in [0, 0.1) is 0 Å². The van der Waals surface area contributed by atoms with Crippen LogP contribution in [0.1, 0.15) is 10.4 Å². The zero-order chi connectivity index (χ0) is 18.7. The molecule has 0 atom stereocenters. The summed E-state index contributed by atoms with van der Waals surface area (Å²) in [6, 6.07) is 13.4. The Morgan fingerprint density at radius 2 is 1.73 bits per heavy atom. The van der Waals surface area contributed by atoms with E-state index in [2.05, 4.69) is 0 Å². The lowest BCUT2D eigenvalue weighted by molar-refractivity contribution is 0.0601. The Morgan fingerprint density at radius 1 is 1.04 bits per heavy atom. The summed E-state index contributed by atoms with van der Waals surface area (Å²) in [6.07, 6.45) is 0. The second-order valence-electron chi connectivity index (χ2n) is 5.86. The van der Waals surface area contributed by atoms with E-state index in [0.717, 1.165) is 5.69 Å². The summed E-state index contributed by atoms with van der Waals surface area (Å²) < 4.78 is 31.8. The molecule has 1 saturated heterocycles. The number of piperazine rings is 1. The first-order valence-electron chi connectivity index (χ1n) is 8.11. The van der Waals surface area contributed by atoms with Gasteiger partial charge in [0.05, 0.1) is 23.3 Å². The number of esters is 1. The highest BCUT2D eigenvalue weighted by Crippen LogP contribution is 2.25. The SMILES string of the molecule is COC(=O)c1ccccc1N1CCN(S(=O)(=O)c2cccc(Cl)c2)CC1. The molecule has 8 heteroatoms. The average Bonchev–Trinajstić information content (AvgIpc) is 2.67. The van der Waals surface area contributed by atoms with Crippen LogP contribution in [0.3, 0.4) is 0 Å². The third-order valence-electron chi connectivity index (χ3n) is 4.32. The molecule has 138 valence electrons. The molecular weight excluding hydrogens is 376 g/mol. The van der Waals surface area contributed by atoms with E-state index in [9.17, 15) is 13.2 Å². The van der Waals surface area contributed by atoms with Crippen LogP contribution < -0.4 is 4.90 Å². The van der Waals surface area contributed by atoms with Gasteiger partial charge in [-0.25, -0.2) is 13.2 Å². The Morgan fingerprint density at radius 3 is 2.38 bits per heavy atom. The van der Waals surface area contributed by atoms with Gasteiger partial charge in [-0.05, 0) is 30.3 Å². The summed E-state index contributed by atoms with van der Waals surface area (Å²) in [4.78, 5) is 14.1. The lowest BCUT2D eigenvalue weighted by atomic mass is 10.1. The molecule has 1 heterocycles. The van der Waals surface area contributed by atoms with Crippen molar-refractivity contribution in [1.29, 1.82) is 0 Å². The topological polar surface area (TPSA) is 66.9 Å². The van der Waals surface area contributed by atoms with E-state index in [1.165, 1.54) is 17.5 Å². The minimum absolute atomic E-state index is 0.188. The number of hydrogen-bond acceptors (Lipinski definition) is 5. The van der Waals surface area contributed by atoms with Gasteiger partial charge >= 0.3 is 5.97 Å². The predicted octanol–water partition coefficient (Wildman–Crippen LogP) is 2.64. The number of halogens is 1. The second kappa shape index (κ2) is 7.65. The van der Waals surface area contributed by atoms with Crippen LogP contribution in [-0.4, -0.2) is 52.0 Å². The number of hydrogen-bond donors (Lipinski definition) is 0. The molecular formula is C18H19ClN2O4S. The van der Waals surface area contributed by atoms with Crippen LogP contribution in [-0.2, 0) is 14.8 Å². The number of rotatable bonds is 4. The lowest BCUT2D eigenvalue weighted by Gasteiger charge is -2.36. The van der Waals surface area contributed by atoms with Crippen molar-refractivity contribution in [1.82, 2.24) is 4.31 Å². The molecule has 1 aliphatic rings. The van der Waals surface area contributed by atoms with E-state index in [0.29, 0.717) is 36.8 Å². The molecule has 0 N–H and O–H groups in total. The number of para-hydroxylation sites is 1. The van der Waals surface area contributed by atoms with Crippen molar-refractivity contribution < 1.29 is 17.9 Å². The summed E-state index contributed by atoms with van der Waals surface area (Å²) in [5.41, 5.74) is 1.22. The Balaban J connectivity index is 1.77. The summed E-state index contributed by atoms with van der Waals surface area (Å²) in [5.74, 6) is -0.408. The van der Waals surface area contributed by atoms with Crippen molar-refractivity contribution in [2.24, 2.45) is 0 Å². The predicted molar refractivity (Wildman–Crippen MR) is 100 cm³/mol. The minimum atomic E-state index is -3.59. The van der Waals surface area contributed by atoms with Gasteiger partial charge < -0.3 is 9.64 Å². The number of anilines is 1. The number of ether oxygens (including phenoxy) is 1. The van der Waals surface area contributed by atoms with Crippen LogP contribution in [0.15, 0.2) is 53.4 Å². The molecule has 0 bridgehead atoms. The Bertz CT molecular complexity index is 909. The highest BCUT2D eigenvalue weighted by atomic mass is 35.5. The van der Waals surface area contributed by atoms with Crippen molar-refractivity contribution in [2.45, 2.75) is 4.90 Å². The lowest BCUT2D eigenvalue weighted by Crippen LogP contribution is -2.49. The van der Waals surface area contributed by atoms with Crippen LogP contribution >= 0.6 is 11.6 Å². The number of carbonyl (C=O) groups excluding carboxylic acids is 1. The first-order valence-corrected chi connectivity index (χ1v) is 9.93. The van der Waals surface area contributed by atoms with Crippen molar-refractivity contribution >= 4 is 33.3 Å². The van der Waals surface area contributed by atoms with E-state index in [4.69, 9.17) is 16.3 Å². The molecule has 3 rings (SSSR count). The van der Waals surface area contributed by atoms with Crippen molar-refractivity contribution in [3.8, 4) is 0 Å². The molecule has 0 unspecified atom stereocenters. The van der Waals surface area contributed by atoms with Gasteiger partial charge in [0.15, 0.2) is 0 Å². The van der Waals surface area contributed by atoms with Gasteiger partial charge in [0.1, 0.15) is 0 Å². The molecule has 1 aliphatic heterocycles. The number of methoxy groups -OCH3 is 1. The summed E-state index contributed by atoms with van der Waals surface area (Å²) in [7, 11) is -2.25. The van der Waals surface area contributed by atoms with Crippen molar-refractivity contribution in [3.63, 3.8) is 0 Å². The third kappa shape index (κ3) is 3.70. The largest absolute Gasteiger partial charge is 0.465 e. The normalized spacial score (nSPS) is 15.7. The van der Waals surface area contributed by atoms with Crippen molar-refractivity contribution in [2.75, 3.05) is 38.2 Å². The van der Waals surface area contributed by atoms with Gasteiger partial charge in [0, 0.05) is 31.2 Å². The summed E-state index contributed by atoms with van der Waals surface area (Å²) >= 11 is 5.92. The molecule has 0 aliphatic carbocycles. The van der Waals surface area contributed by atoms with Crippen LogP contribution in [0.4, 0.5) is 5.69 Å². The standard InChI is InChI=1S/C18H19ClN2O4S/c1-25-18(22)16-7-2-3-8-17(16)20-9-11-21(12-10-20)26(23,24)15-6-4-5-14(19)13-15/h2-8,13H,9-12H2,1H3.